The van der Waals surface area contributed by atoms with E-state index in [1.54, 1.807) is 0 Å². The summed E-state index contributed by atoms with van der Waals surface area (Å²) in [6.45, 7) is 2.19. The lowest BCUT2D eigenvalue weighted by atomic mass is 9.90. The van der Waals surface area contributed by atoms with E-state index in [-0.39, 0.29) is 12.1 Å². The van der Waals surface area contributed by atoms with Crippen molar-refractivity contribution in [3.8, 4) is 0 Å². The lowest BCUT2D eigenvalue weighted by Gasteiger charge is -2.38. The van der Waals surface area contributed by atoms with Crippen LogP contribution in [0.15, 0.2) is 24.3 Å². The summed E-state index contributed by atoms with van der Waals surface area (Å²) in [6.07, 6.45) is 4.22. The number of benzene rings is 1. The maximum absolute atomic E-state index is 10.1. The van der Waals surface area contributed by atoms with Gasteiger partial charge in [-0.2, -0.15) is 0 Å². The summed E-state index contributed by atoms with van der Waals surface area (Å²) >= 11 is 5.91. The molecule has 0 heterocycles. The van der Waals surface area contributed by atoms with Gasteiger partial charge in [-0.25, -0.2) is 0 Å². The molecule has 100 valence electrons. The molecule has 1 aromatic rings. The third-order valence-corrected chi connectivity index (χ3v) is 4.43. The minimum Gasteiger partial charge on any atom is -0.391 e. The first kappa shape index (κ1) is 13.9. The summed E-state index contributed by atoms with van der Waals surface area (Å²) < 4.78 is 0. The molecule has 1 saturated carbocycles. The molecule has 0 aliphatic heterocycles. The van der Waals surface area contributed by atoms with E-state index < -0.39 is 0 Å². The molecule has 1 aromatic carbocycles. The number of nitrogens with zero attached hydrogens (tertiary/aromatic N) is 1. The van der Waals surface area contributed by atoms with Crippen LogP contribution >= 0.6 is 11.6 Å². The molecule has 0 bridgehead atoms. The number of hydrogen-bond donors (Lipinski definition) is 1. The molecule has 3 atom stereocenters. The molecular weight excluding hydrogens is 246 g/mol. The molecule has 0 amide bonds. The first-order valence-corrected chi connectivity index (χ1v) is 7.13. The Bertz CT molecular complexity index is 379. The molecule has 0 radical (unpaired) electrons. The molecule has 18 heavy (non-hydrogen) atoms. The Morgan fingerprint density at radius 1 is 1.22 bits per heavy atom. The fourth-order valence-corrected chi connectivity index (χ4v) is 2.96. The largest absolute Gasteiger partial charge is 0.391 e. The Labute approximate surface area is 115 Å². The Kier molecular flexibility index (Phi) is 4.66. The average Bonchev–Trinajstić information content (AvgIpc) is 2.38. The normalized spacial score (nSPS) is 26.3. The highest BCUT2D eigenvalue weighted by molar-refractivity contribution is 6.30. The highest BCUT2D eigenvalue weighted by atomic mass is 35.5. The summed E-state index contributed by atoms with van der Waals surface area (Å²) in [4.78, 5) is 2.30. The summed E-state index contributed by atoms with van der Waals surface area (Å²) in [6, 6.07) is 8.58. The Morgan fingerprint density at radius 2 is 1.83 bits per heavy atom. The second-order valence-corrected chi connectivity index (χ2v) is 5.75. The van der Waals surface area contributed by atoms with E-state index in [2.05, 4.69) is 31.0 Å². The number of rotatable bonds is 3. The third-order valence-electron chi connectivity index (χ3n) is 4.18. The van der Waals surface area contributed by atoms with Crippen molar-refractivity contribution in [1.29, 1.82) is 0 Å². The van der Waals surface area contributed by atoms with Crippen LogP contribution in [0.3, 0.4) is 0 Å². The van der Waals surface area contributed by atoms with Gasteiger partial charge in [0.2, 0.25) is 0 Å². The van der Waals surface area contributed by atoms with Crippen LogP contribution in [0.2, 0.25) is 5.02 Å². The zero-order chi connectivity index (χ0) is 13.1. The standard InChI is InChI=1S/C15H22ClNO/c1-11(12-7-9-13(16)10-8-12)17(2)14-5-3-4-6-15(14)18/h7-11,14-15,18H,3-6H2,1-2H3/t11?,14-,15-/m0/s1. The Morgan fingerprint density at radius 3 is 2.44 bits per heavy atom. The van der Waals surface area contributed by atoms with Crippen LogP contribution < -0.4 is 0 Å². The van der Waals surface area contributed by atoms with Crippen LogP contribution in [0, 0.1) is 0 Å². The summed E-state index contributed by atoms with van der Waals surface area (Å²) in [5.74, 6) is 0. The number of likely N-dealkylation sites (N-methyl/N-ethyl adjacent to an activating group) is 1. The highest BCUT2D eigenvalue weighted by Crippen LogP contribution is 2.29. The Balaban J connectivity index is 2.07. The quantitative estimate of drug-likeness (QED) is 0.904. The molecule has 1 unspecified atom stereocenters. The summed E-state index contributed by atoms with van der Waals surface area (Å²) in [5, 5.41) is 10.9. The second kappa shape index (κ2) is 6.05. The van der Waals surface area contributed by atoms with Crippen molar-refractivity contribution in [3.05, 3.63) is 34.9 Å². The van der Waals surface area contributed by atoms with E-state index in [0.29, 0.717) is 6.04 Å². The molecule has 0 spiro atoms. The van der Waals surface area contributed by atoms with Crippen LogP contribution in [0.4, 0.5) is 0 Å². The lowest BCUT2D eigenvalue weighted by molar-refractivity contribution is 0.0155. The van der Waals surface area contributed by atoms with Gasteiger partial charge in [0.05, 0.1) is 6.10 Å². The van der Waals surface area contributed by atoms with Gasteiger partial charge in [-0.15, -0.1) is 0 Å². The number of hydrogen-bond acceptors (Lipinski definition) is 2. The van der Waals surface area contributed by atoms with E-state index >= 15 is 0 Å². The molecule has 0 saturated heterocycles. The highest BCUT2D eigenvalue weighted by Gasteiger charge is 2.29. The zero-order valence-electron chi connectivity index (χ0n) is 11.1. The molecule has 2 nitrogen and oxygen atoms in total. The second-order valence-electron chi connectivity index (χ2n) is 5.31. The van der Waals surface area contributed by atoms with Gasteiger partial charge in [0, 0.05) is 17.1 Å². The fourth-order valence-electron chi connectivity index (χ4n) is 2.83. The first-order chi connectivity index (χ1) is 8.59. The number of aliphatic hydroxyl groups is 1. The van der Waals surface area contributed by atoms with Crippen molar-refractivity contribution in [2.75, 3.05) is 7.05 Å². The van der Waals surface area contributed by atoms with Crippen molar-refractivity contribution >= 4 is 11.6 Å². The monoisotopic (exact) mass is 267 g/mol. The van der Waals surface area contributed by atoms with Crippen molar-refractivity contribution in [2.24, 2.45) is 0 Å². The van der Waals surface area contributed by atoms with Crippen molar-refractivity contribution in [3.63, 3.8) is 0 Å². The van der Waals surface area contributed by atoms with Crippen LogP contribution in [0.1, 0.15) is 44.2 Å². The predicted octanol–water partition coefficient (Wildman–Crippen LogP) is 3.64. The van der Waals surface area contributed by atoms with Gasteiger partial charge in [0.25, 0.3) is 0 Å². The molecule has 1 aliphatic rings. The van der Waals surface area contributed by atoms with Gasteiger partial charge in [0.15, 0.2) is 0 Å². The van der Waals surface area contributed by atoms with Crippen LogP contribution in [0.5, 0.6) is 0 Å². The molecule has 0 aromatic heterocycles. The van der Waals surface area contributed by atoms with Gasteiger partial charge in [0.1, 0.15) is 0 Å². The molecule has 1 aliphatic carbocycles. The van der Waals surface area contributed by atoms with Crippen molar-refractivity contribution < 1.29 is 5.11 Å². The summed E-state index contributed by atoms with van der Waals surface area (Å²) in [5.41, 5.74) is 1.25. The average molecular weight is 268 g/mol. The molecule has 3 heteroatoms. The van der Waals surface area contributed by atoms with Crippen LogP contribution in [0.25, 0.3) is 0 Å². The van der Waals surface area contributed by atoms with E-state index in [1.165, 1.54) is 12.0 Å². The number of aliphatic hydroxyl groups excluding tert-OH is 1. The van der Waals surface area contributed by atoms with Gasteiger partial charge in [-0.3, -0.25) is 4.90 Å². The minimum atomic E-state index is -0.182. The summed E-state index contributed by atoms with van der Waals surface area (Å²) in [7, 11) is 2.11. The van der Waals surface area contributed by atoms with Gasteiger partial charge in [-0.1, -0.05) is 36.6 Å². The minimum absolute atomic E-state index is 0.182. The predicted molar refractivity (Wildman–Crippen MR) is 75.9 cm³/mol. The zero-order valence-corrected chi connectivity index (χ0v) is 11.9. The molecule has 1 N–H and O–H groups in total. The first-order valence-electron chi connectivity index (χ1n) is 6.75. The SMILES string of the molecule is CC(c1ccc(Cl)cc1)N(C)[C@H]1CCCC[C@@H]1O. The lowest BCUT2D eigenvalue weighted by Crippen LogP contribution is -2.44. The van der Waals surface area contributed by atoms with Gasteiger partial charge >= 0.3 is 0 Å². The molecule has 1 fully saturated rings. The van der Waals surface area contributed by atoms with Crippen LogP contribution in [-0.2, 0) is 0 Å². The third kappa shape index (κ3) is 3.05. The van der Waals surface area contributed by atoms with E-state index in [0.717, 1.165) is 24.3 Å². The van der Waals surface area contributed by atoms with Crippen molar-refractivity contribution in [2.45, 2.75) is 50.8 Å². The fraction of sp³-hybridized carbons (Fsp3) is 0.600. The van der Waals surface area contributed by atoms with Gasteiger partial charge < -0.3 is 5.11 Å². The molecular formula is C15H22ClNO. The van der Waals surface area contributed by atoms with E-state index in [4.69, 9.17) is 11.6 Å². The van der Waals surface area contributed by atoms with Crippen LogP contribution in [-0.4, -0.2) is 29.2 Å². The van der Waals surface area contributed by atoms with E-state index in [1.807, 2.05) is 12.1 Å². The number of halogens is 1. The topological polar surface area (TPSA) is 23.5 Å². The maximum atomic E-state index is 10.1. The maximum Gasteiger partial charge on any atom is 0.0695 e. The van der Waals surface area contributed by atoms with E-state index in [9.17, 15) is 5.11 Å². The Hall–Kier alpha value is -0.570. The smallest absolute Gasteiger partial charge is 0.0695 e. The molecule has 2 rings (SSSR count). The van der Waals surface area contributed by atoms with Crippen molar-refractivity contribution in [1.82, 2.24) is 4.90 Å². The van der Waals surface area contributed by atoms with Gasteiger partial charge in [-0.05, 0) is 44.5 Å².